The fourth-order valence-electron chi connectivity index (χ4n) is 3.35. The van der Waals surface area contributed by atoms with Gasteiger partial charge < -0.3 is 14.3 Å². The highest BCUT2D eigenvalue weighted by Crippen LogP contribution is 2.44. The number of allylic oxidation sites excluding steroid dienone is 1. The van der Waals surface area contributed by atoms with Gasteiger partial charge in [-0.05, 0) is 37.6 Å². The van der Waals surface area contributed by atoms with Gasteiger partial charge >= 0.3 is 11.9 Å². The van der Waals surface area contributed by atoms with Crippen molar-refractivity contribution < 1.29 is 23.9 Å². The van der Waals surface area contributed by atoms with Crippen molar-refractivity contribution in [3.8, 4) is 5.75 Å². The number of oxime groups is 1. The largest absolute Gasteiger partial charge is 0.497 e. The van der Waals surface area contributed by atoms with E-state index in [0.29, 0.717) is 11.5 Å². The van der Waals surface area contributed by atoms with Crippen molar-refractivity contribution in [1.29, 1.82) is 0 Å². The Morgan fingerprint density at radius 1 is 1.29 bits per heavy atom. The zero-order valence-electron chi connectivity index (χ0n) is 13.8. The monoisotopic (exact) mass is 329 g/mol. The Morgan fingerprint density at radius 3 is 2.62 bits per heavy atom. The van der Waals surface area contributed by atoms with E-state index in [9.17, 15) is 9.59 Å². The molecule has 0 amide bonds. The predicted molar refractivity (Wildman–Crippen MR) is 86.6 cm³/mol. The summed E-state index contributed by atoms with van der Waals surface area (Å²) in [5, 5.41) is 3.85. The van der Waals surface area contributed by atoms with Crippen molar-refractivity contribution in [3.63, 3.8) is 0 Å². The van der Waals surface area contributed by atoms with Crippen LogP contribution in [0.2, 0.25) is 0 Å². The van der Waals surface area contributed by atoms with Crippen LogP contribution in [0.1, 0.15) is 25.3 Å². The van der Waals surface area contributed by atoms with Gasteiger partial charge in [0.2, 0.25) is 0 Å². The lowest BCUT2D eigenvalue weighted by Gasteiger charge is -2.33. The molecule has 1 heterocycles. The summed E-state index contributed by atoms with van der Waals surface area (Å²) in [7, 11) is 1.59. The normalized spacial score (nSPS) is 25.3. The molecule has 1 aromatic rings. The molecule has 1 aliphatic heterocycles. The highest BCUT2D eigenvalue weighted by Gasteiger charge is 2.49. The maximum atomic E-state index is 12.5. The van der Waals surface area contributed by atoms with Gasteiger partial charge in [0.25, 0.3) is 0 Å². The van der Waals surface area contributed by atoms with Gasteiger partial charge in [-0.25, -0.2) is 4.79 Å². The van der Waals surface area contributed by atoms with Crippen LogP contribution < -0.4 is 4.74 Å². The summed E-state index contributed by atoms with van der Waals surface area (Å²) in [6.45, 7) is 3.90. The molecule has 0 saturated heterocycles. The van der Waals surface area contributed by atoms with E-state index in [2.05, 4.69) is 5.16 Å². The van der Waals surface area contributed by atoms with E-state index >= 15 is 0 Å². The molecule has 0 bridgehead atoms. The summed E-state index contributed by atoms with van der Waals surface area (Å²) in [4.78, 5) is 29.6. The van der Waals surface area contributed by atoms with E-state index in [-0.39, 0.29) is 12.6 Å². The lowest BCUT2D eigenvalue weighted by molar-refractivity contribution is -0.149. The highest BCUT2D eigenvalue weighted by atomic mass is 16.7. The van der Waals surface area contributed by atoms with E-state index in [1.54, 1.807) is 20.1 Å². The van der Waals surface area contributed by atoms with Crippen LogP contribution in [0.25, 0.3) is 0 Å². The van der Waals surface area contributed by atoms with Crippen LogP contribution in [0.3, 0.4) is 0 Å². The van der Waals surface area contributed by atoms with E-state index in [0.717, 1.165) is 11.1 Å². The van der Waals surface area contributed by atoms with Gasteiger partial charge in [0.15, 0.2) is 0 Å². The van der Waals surface area contributed by atoms with Gasteiger partial charge in [-0.2, -0.15) is 0 Å². The molecular weight excluding hydrogens is 310 g/mol. The highest BCUT2D eigenvalue weighted by molar-refractivity contribution is 6.13. The molecule has 1 aliphatic carbocycles. The van der Waals surface area contributed by atoms with Crippen molar-refractivity contribution in [2.45, 2.75) is 19.8 Å². The van der Waals surface area contributed by atoms with E-state index < -0.39 is 23.7 Å². The van der Waals surface area contributed by atoms with E-state index in [4.69, 9.17) is 14.3 Å². The molecule has 0 N–H and O–H groups in total. The van der Waals surface area contributed by atoms with Crippen LogP contribution in [0.4, 0.5) is 0 Å². The first-order chi connectivity index (χ1) is 11.6. The first-order valence-corrected chi connectivity index (χ1v) is 7.84. The Bertz CT molecular complexity index is 719. The summed E-state index contributed by atoms with van der Waals surface area (Å²) in [6, 6.07) is 7.33. The molecule has 2 aliphatic rings. The fourth-order valence-corrected chi connectivity index (χ4v) is 3.35. The molecule has 1 aromatic carbocycles. The number of methoxy groups -OCH3 is 1. The molecule has 0 spiro atoms. The molecule has 0 saturated carbocycles. The van der Waals surface area contributed by atoms with Crippen molar-refractivity contribution >= 4 is 17.7 Å². The molecule has 0 aromatic heterocycles. The Labute approximate surface area is 140 Å². The smallest absolute Gasteiger partial charge is 0.344 e. The Balaban J connectivity index is 2.07. The average Bonchev–Trinajstić information content (AvgIpc) is 2.94. The van der Waals surface area contributed by atoms with E-state index in [1.165, 1.54) is 0 Å². The van der Waals surface area contributed by atoms with Gasteiger partial charge in [-0.1, -0.05) is 22.9 Å². The minimum absolute atomic E-state index is 0.286. The van der Waals surface area contributed by atoms with Crippen LogP contribution in [0.5, 0.6) is 5.75 Å². The maximum Gasteiger partial charge on any atom is 0.344 e. The third-order valence-corrected chi connectivity index (χ3v) is 4.44. The number of esters is 1. The lowest BCUT2D eigenvalue weighted by atomic mass is 9.68. The second-order valence-corrected chi connectivity index (χ2v) is 5.82. The molecule has 0 fully saturated rings. The number of fused-ring (bicyclic) bond motifs is 1. The van der Waals surface area contributed by atoms with Crippen molar-refractivity contribution in [1.82, 2.24) is 0 Å². The number of ether oxygens (including phenoxy) is 2. The standard InChI is InChI=1S/C18H19NO5/c1-4-23-17(20)14-10(2)9-13-16(18(21)24-19-13)15(14)11-5-7-12(22-3)8-6-11/h5-9,14-16H,4H2,1-3H3. The number of hydrogen-bond acceptors (Lipinski definition) is 6. The van der Waals surface area contributed by atoms with Crippen LogP contribution in [0.15, 0.2) is 41.1 Å². The molecule has 6 heteroatoms. The Hall–Kier alpha value is -2.63. The molecule has 3 unspecified atom stereocenters. The number of carbonyl (C=O) groups excluding carboxylic acids is 2. The zero-order valence-corrected chi connectivity index (χ0v) is 13.8. The van der Waals surface area contributed by atoms with Crippen molar-refractivity contribution in [3.05, 3.63) is 41.5 Å². The Kier molecular flexibility index (Phi) is 4.38. The number of benzene rings is 1. The Morgan fingerprint density at radius 2 is 2.00 bits per heavy atom. The van der Waals surface area contributed by atoms with Gasteiger partial charge in [0, 0.05) is 5.92 Å². The number of rotatable bonds is 4. The second-order valence-electron chi connectivity index (χ2n) is 5.82. The molecule has 3 rings (SSSR count). The second kappa shape index (κ2) is 6.47. The van der Waals surface area contributed by atoms with Crippen LogP contribution in [-0.2, 0) is 19.2 Å². The van der Waals surface area contributed by atoms with Gasteiger partial charge in [0.1, 0.15) is 11.7 Å². The third kappa shape index (κ3) is 2.68. The molecule has 126 valence electrons. The number of carbonyl (C=O) groups is 2. The number of hydrogen-bond donors (Lipinski definition) is 0. The van der Waals surface area contributed by atoms with Crippen LogP contribution in [0, 0.1) is 11.8 Å². The first-order valence-electron chi connectivity index (χ1n) is 7.84. The van der Waals surface area contributed by atoms with Crippen LogP contribution >= 0.6 is 0 Å². The molecular formula is C18H19NO5. The van der Waals surface area contributed by atoms with Crippen LogP contribution in [-0.4, -0.2) is 31.4 Å². The van der Waals surface area contributed by atoms with Gasteiger partial charge in [-0.3, -0.25) is 4.79 Å². The van der Waals surface area contributed by atoms with Crippen molar-refractivity contribution in [2.24, 2.45) is 17.0 Å². The zero-order chi connectivity index (χ0) is 17.3. The third-order valence-electron chi connectivity index (χ3n) is 4.44. The van der Waals surface area contributed by atoms with Gasteiger partial charge in [-0.15, -0.1) is 0 Å². The number of nitrogens with zero attached hydrogens (tertiary/aromatic N) is 1. The predicted octanol–water partition coefficient (Wildman–Crippen LogP) is 2.45. The lowest BCUT2D eigenvalue weighted by Crippen LogP contribution is -2.39. The molecule has 0 radical (unpaired) electrons. The summed E-state index contributed by atoms with van der Waals surface area (Å²) >= 11 is 0. The molecule has 3 atom stereocenters. The van der Waals surface area contributed by atoms with Crippen molar-refractivity contribution in [2.75, 3.05) is 13.7 Å². The summed E-state index contributed by atoms with van der Waals surface area (Å²) in [5.41, 5.74) is 2.21. The summed E-state index contributed by atoms with van der Waals surface area (Å²) < 4.78 is 10.4. The van der Waals surface area contributed by atoms with E-state index in [1.807, 2.05) is 31.2 Å². The average molecular weight is 329 g/mol. The minimum Gasteiger partial charge on any atom is -0.497 e. The molecule has 6 nitrogen and oxygen atoms in total. The minimum atomic E-state index is -0.600. The quantitative estimate of drug-likeness (QED) is 0.626. The maximum absolute atomic E-state index is 12.5. The molecule has 24 heavy (non-hydrogen) atoms. The summed E-state index contributed by atoms with van der Waals surface area (Å²) in [6.07, 6.45) is 1.75. The first kappa shape index (κ1) is 16.2. The van der Waals surface area contributed by atoms with Gasteiger partial charge in [0.05, 0.1) is 25.3 Å². The SMILES string of the molecule is CCOC(=O)C1C(C)=CC2=NOC(=O)C2C1c1ccc(OC)cc1. The fraction of sp³-hybridized carbons (Fsp3) is 0.389. The topological polar surface area (TPSA) is 74.2 Å². The summed E-state index contributed by atoms with van der Waals surface area (Å²) in [5.74, 6) is -1.63.